The highest BCUT2D eigenvalue weighted by atomic mass is 16.2. The van der Waals surface area contributed by atoms with Crippen LogP contribution in [-0.4, -0.2) is 26.8 Å². The van der Waals surface area contributed by atoms with Gasteiger partial charge in [0, 0.05) is 6.42 Å². The second kappa shape index (κ2) is 6.56. The van der Waals surface area contributed by atoms with E-state index < -0.39 is 0 Å². The van der Waals surface area contributed by atoms with Gasteiger partial charge in [0.1, 0.15) is 12.0 Å². The molecule has 0 radical (unpaired) electrons. The van der Waals surface area contributed by atoms with Gasteiger partial charge in [0.2, 0.25) is 5.95 Å². The third kappa shape index (κ3) is 3.12. The number of rotatable bonds is 4. The molecule has 1 unspecified atom stereocenters. The van der Waals surface area contributed by atoms with Gasteiger partial charge in [-0.2, -0.15) is 15.2 Å². The van der Waals surface area contributed by atoms with Crippen LogP contribution in [0.1, 0.15) is 18.0 Å². The lowest BCUT2D eigenvalue weighted by atomic mass is 10.0. The summed E-state index contributed by atoms with van der Waals surface area (Å²) in [5, 5.41) is 15.5. The number of aromatic amines is 1. The van der Waals surface area contributed by atoms with Crippen LogP contribution in [0.4, 0.5) is 11.6 Å². The molecule has 2 aromatic carbocycles. The van der Waals surface area contributed by atoms with Crippen molar-refractivity contribution in [3.63, 3.8) is 0 Å². The van der Waals surface area contributed by atoms with Crippen molar-refractivity contribution >= 4 is 23.3 Å². The minimum Gasteiger partial charge on any atom is -0.290 e. The average molecular weight is 332 g/mol. The molecule has 2 heterocycles. The fourth-order valence-corrected chi connectivity index (χ4v) is 2.85. The summed E-state index contributed by atoms with van der Waals surface area (Å²) in [6.07, 6.45) is 1.86. The maximum absolute atomic E-state index is 12.5. The topological polar surface area (TPSA) is 86.3 Å². The molecular formula is C18H16N6O. The Hall–Kier alpha value is -3.48. The van der Waals surface area contributed by atoms with Gasteiger partial charge >= 0.3 is 0 Å². The Labute approximate surface area is 144 Å². The van der Waals surface area contributed by atoms with Crippen LogP contribution in [0.3, 0.4) is 0 Å². The number of nitrogens with zero attached hydrogens (tertiary/aromatic N) is 4. The zero-order chi connectivity index (χ0) is 17.1. The van der Waals surface area contributed by atoms with Gasteiger partial charge in [-0.1, -0.05) is 48.5 Å². The highest BCUT2D eigenvalue weighted by Gasteiger charge is 2.32. The fraction of sp³-hybridized carbons (Fsp3) is 0.111. The Kier molecular flexibility index (Phi) is 3.96. The van der Waals surface area contributed by atoms with Crippen molar-refractivity contribution in [2.24, 2.45) is 5.10 Å². The van der Waals surface area contributed by atoms with E-state index in [1.807, 2.05) is 65.7 Å². The Morgan fingerprint density at radius 1 is 1.08 bits per heavy atom. The molecule has 7 nitrogen and oxygen atoms in total. The lowest BCUT2D eigenvalue weighted by Gasteiger charge is -2.23. The highest BCUT2D eigenvalue weighted by molar-refractivity contribution is 6.43. The summed E-state index contributed by atoms with van der Waals surface area (Å²) in [6.45, 7) is 0. The van der Waals surface area contributed by atoms with Gasteiger partial charge in [0.05, 0.1) is 11.7 Å². The van der Waals surface area contributed by atoms with Crippen molar-refractivity contribution in [3.8, 4) is 0 Å². The molecule has 1 amide bonds. The van der Waals surface area contributed by atoms with Crippen molar-refractivity contribution in [2.75, 3.05) is 10.3 Å². The number of benzene rings is 2. The van der Waals surface area contributed by atoms with E-state index >= 15 is 0 Å². The summed E-state index contributed by atoms with van der Waals surface area (Å²) in [6, 6.07) is 19.9. The van der Waals surface area contributed by atoms with E-state index in [-0.39, 0.29) is 11.9 Å². The van der Waals surface area contributed by atoms with Crippen LogP contribution in [0.5, 0.6) is 0 Å². The van der Waals surface area contributed by atoms with Crippen molar-refractivity contribution < 1.29 is 4.79 Å². The predicted octanol–water partition coefficient (Wildman–Crippen LogP) is 2.75. The molecule has 25 heavy (non-hydrogen) atoms. The van der Waals surface area contributed by atoms with Gasteiger partial charge in [-0.05, 0) is 17.7 Å². The van der Waals surface area contributed by atoms with Crippen molar-refractivity contribution in [1.82, 2.24) is 15.2 Å². The third-order valence-electron chi connectivity index (χ3n) is 4.02. The first kappa shape index (κ1) is 15.1. The van der Waals surface area contributed by atoms with E-state index in [2.05, 4.69) is 25.6 Å². The van der Waals surface area contributed by atoms with E-state index in [0.29, 0.717) is 18.1 Å². The highest BCUT2D eigenvalue weighted by Crippen LogP contribution is 2.35. The van der Waals surface area contributed by atoms with Crippen LogP contribution in [0, 0.1) is 0 Å². The number of amides is 1. The number of H-pyrrole nitrogens is 1. The number of carbonyl (C=O) groups excluding carboxylic acids is 1. The molecule has 0 saturated carbocycles. The monoisotopic (exact) mass is 332 g/mol. The molecule has 7 heteroatoms. The zero-order valence-electron chi connectivity index (χ0n) is 13.3. The van der Waals surface area contributed by atoms with Crippen LogP contribution in [-0.2, 0) is 4.79 Å². The maximum atomic E-state index is 12.5. The van der Waals surface area contributed by atoms with Crippen LogP contribution >= 0.6 is 0 Å². The molecule has 0 fully saturated rings. The molecule has 0 saturated heterocycles. The number of anilines is 2. The standard InChI is InChI=1S/C18H16N6O/c25-17(21-18-19-12-20-22-18)15-11-16(13-7-3-1-4-8-13)24(23-15)14-9-5-2-6-10-14/h1-10,12,16H,11H2,(H2,19,20,21,22,25). The van der Waals surface area contributed by atoms with Crippen molar-refractivity contribution in [3.05, 3.63) is 72.6 Å². The second-order valence-corrected chi connectivity index (χ2v) is 5.65. The Morgan fingerprint density at radius 2 is 1.80 bits per heavy atom. The lowest BCUT2D eigenvalue weighted by Crippen LogP contribution is -2.22. The Morgan fingerprint density at radius 3 is 2.48 bits per heavy atom. The minimum absolute atomic E-state index is 0.0286. The van der Waals surface area contributed by atoms with Gasteiger partial charge < -0.3 is 0 Å². The van der Waals surface area contributed by atoms with Gasteiger partial charge in [0.15, 0.2) is 0 Å². The summed E-state index contributed by atoms with van der Waals surface area (Å²) in [4.78, 5) is 16.4. The molecule has 1 aliphatic heterocycles. The number of hydrogen-bond donors (Lipinski definition) is 2. The molecule has 2 N–H and O–H groups in total. The van der Waals surface area contributed by atoms with Gasteiger partial charge in [-0.3, -0.25) is 15.1 Å². The van der Waals surface area contributed by atoms with E-state index in [9.17, 15) is 4.79 Å². The molecule has 4 rings (SSSR count). The smallest absolute Gasteiger partial charge is 0.274 e. The Bertz CT molecular complexity index is 876. The zero-order valence-corrected chi connectivity index (χ0v) is 13.3. The number of aromatic nitrogens is 3. The average Bonchev–Trinajstić information content (AvgIpc) is 3.33. The number of hydrazone groups is 1. The van der Waals surface area contributed by atoms with Crippen LogP contribution in [0.15, 0.2) is 72.1 Å². The third-order valence-corrected chi connectivity index (χ3v) is 4.02. The molecule has 1 aromatic heterocycles. The van der Waals surface area contributed by atoms with Crippen molar-refractivity contribution in [2.45, 2.75) is 12.5 Å². The van der Waals surface area contributed by atoms with Gasteiger partial charge in [0.25, 0.3) is 5.91 Å². The number of carbonyl (C=O) groups is 1. The summed E-state index contributed by atoms with van der Waals surface area (Å²) in [5.74, 6) is 0.0261. The molecule has 0 bridgehead atoms. The summed E-state index contributed by atoms with van der Waals surface area (Å²) in [7, 11) is 0. The second-order valence-electron chi connectivity index (χ2n) is 5.65. The number of para-hydroxylation sites is 1. The molecular weight excluding hydrogens is 316 g/mol. The summed E-state index contributed by atoms with van der Waals surface area (Å²) < 4.78 is 0. The fourth-order valence-electron chi connectivity index (χ4n) is 2.85. The van der Waals surface area contributed by atoms with E-state index in [4.69, 9.17) is 0 Å². The van der Waals surface area contributed by atoms with Crippen LogP contribution in [0.25, 0.3) is 0 Å². The normalized spacial score (nSPS) is 16.6. The molecule has 3 aromatic rings. The first-order valence-corrected chi connectivity index (χ1v) is 7.94. The summed E-state index contributed by atoms with van der Waals surface area (Å²) >= 11 is 0. The molecule has 124 valence electrons. The van der Waals surface area contributed by atoms with E-state index in [1.165, 1.54) is 6.33 Å². The van der Waals surface area contributed by atoms with Gasteiger partial charge in [-0.15, -0.1) is 0 Å². The molecule has 0 aliphatic carbocycles. The van der Waals surface area contributed by atoms with Crippen LogP contribution in [0.2, 0.25) is 0 Å². The number of nitrogens with one attached hydrogen (secondary N) is 2. The Balaban J connectivity index is 1.64. The summed E-state index contributed by atoms with van der Waals surface area (Å²) in [5.41, 5.74) is 2.51. The van der Waals surface area contributed by atoms with Crippen molar-refractivity contribution in [1.29, 1.82) is 0 Å². The van der Waals surface area contributed by atoms with E-state index in [1.54, 1.807) is 0 Å². The largest absolute Gasteiger partial charge is 0.290 e. The lowest BCUT2D eigenvalue weighted by molar-refractivity contribution is -0.110. The first-order valence-electron chi connectivity index (χ1n) is 7.94. The molecule has 0 spiro atoms. The SMILES string of the molecule is O=C(Nc1ncn[nH]1)C1=NN(c2ccccc2)C(c2ccccc2)C1. The predicted molar refractivity (Wildman–Crippen MR) is 95.2 cm³/mol. The molecule has 1 atom stereocenters. The first-order chi connectivity index (χ1) is 12.3. The molecule has 1 aliphatic rings. The minimum atomic E-state index is -0.281. The van der Waals surface area contributed by atoms with Gasteiger partial charge in [-0.25, -0.2) is 5.10 Å². The quantitative estimate of drug-likeness (QED) is 0.769. The maximum Gasteiger partial charge on any atom is 0.274 e. The number of hydrogen-bond acceptors (Lipinski definition) is 5. The van der Waals surface area contributed by atoms with E-state index in [0.717, 1.165) is 11.3 Å². The van der Waals surface area contributed by atoms with Crippen LogP contribution < -0.4 is 10.3 Å².